The Morgan fingerprint density at radius 1 is 1.19 bits per heavy atom. The Balaban J connectivity index is 1.82. The van der Waals surface area contributed by atoms with E-state index < -0.39 is 0 Å². The van der Waals surface area contributed by atoms with Crippen LogP contribution in [0.15, 0.2) is 24.3 Å². The van der Waals surface area contributed by atoms with Crippen LogP contribution < -0.4 is 5.32 Å². The average molecular weight is 306 g/mol. The predicted octanol–water partition coefficient (Wildman–Crippen LogP) is 5.18. The third-order valence-electron chi connectivity index (χ3n) is 4.69. The zero-order valence-electron chi connectivity index (χ0n) is 13.7. The molecule has 1 N–H and O–H groups in total. The maximum atomic E-state index is 3.82. The van der Waals surface area contributed by atoms with Crippen LogP contribution in [-0.2, 0) is 5.75 Å². The van der Waals surface area contributed by atoms with Crippen molar-refractivity contribution >= 4 is 11.8 Å². The molecule has 1 aliphatic rings. The first-order chi connectivity index (χ1) is 10.3. The molecular weight excluding hydrogens is 274 g/mol. The Hall–Kier alpha value is -0.470. The zero-order chi connectivity index (χ0) is 14.9. The highest BCUT2D eigenvalue weighted by molar-refractivity contribution is 7.98. The zero-order valence-corrected chi connectivity index (χ0v) is 14.6. The summed E-state index contributed by atoms with van der Waals surface area (Å²) in [7, 11) is 0. The highest BCUT2D eigenvalue weighted by atomic mass is 32.2. The van der Waals surface area contributed by atoms with Crippen molar-refractivity contribution in [1.29, 1.82) is 0 Å². The molecule has 1 aromatic rings. The first kappa shape index (κ1) is 16.9. The van der Waals surface area contributed by atoms with Gasteiger partial charge in [0.25, 0.3) is 0 Å². The van der Waals surface area contributed by atoms with Gasteiger partial charge in [0.2, 0.25) is 0 Å². The van der Waals surface area contributed by atoms with Gasteiger partial charge in [-0.15, -0.1) is 0 Å². The molecule has 2 heteroatoms. The second-order valence-electron chi connectivity index (χ2n) is 6.40. The number of nitrogens with one attached hydrogen (secondary N) is 1. The van der Waals surface area contributed by atoms with E-state index in [4.69, 9.17) is 0 Å². The van der Waals surface area contributed by atoms with Gasteiger partial charge in [0, 0.05) is 17.5 Å². The molecule has 1 nitrogen and oxygen atoms in total. The summed E-state index contributed by atoms with van der Waals surface area (Å²) in [4.78, 5) is 0. The van der Waals surface area contributed by atoms with Gasteiger partial charge in [-0.05, 0) is 49.8 Å². The Labute approximate surface area is 135 Å². The van der Waals surface area contributed by atoms with Gasteiger partial charge < -0.3 is 5.32 Å². The number of hydrogen-bond donors (Lipinski definition) is 1. The molecule has 0 bridgehead atoms. The lowest BCUT2D eigenvalue weighted by molar-refractivity contribution is 0.285. The summed E-state index contributed by atoms with van der Waals surface area (Å²) in [5, 5.41) is 3.82. The first-order valence-corrected chi connectivity index (χ1v) is 9.82. The molecule has 21 heavy (non-hydrogen) atoms. The molecule has 0 amide bonds. The van der Waals surface area contributed by atoms with Crippen LogP contribution in [0.2, 0.25) is 0 Å². The predicted molar refractivity (Wildman–Crippen MR) is 96.0 cm³/mol. The molecule has 0 aromatic heterocycles. The van der Waals surface area contributed by atoms with Gasteiger partial charge in [-0.25, -0.2) is 0 Å². The molecule has 0 radical (unpaired) electrons. The quantitative estimate of drug-likeness (QED) is 0.710. The molecule has 0 saturated heterocycles. The van der Waals surface area contributed by atoms with Crippen molar-refractivity contribution in [2.45, 2.75) is 64.2 Å². The third kappa shape index (κ3) is 5.67. The van der Waals surface area contributed by atoms with Crippen molar-refractivity contribution in [3.8, 4) is 0 Å². The fraction of sp³-hybridized carbons (Fsp3) is 0.684. The minimum atomic E-state index is 0.722. The van der Waals surface area contributed by atoms with Crippen LogP contribution in [0.25, 0.3) is 0 Å². The van der Waals surface area contributed by atoms with Gasteiger partial charge in [0.15, 0.2) is 0 Å². The molecule has 1 fully saturated rings. The summed E-state index contributed by atoms with van der Waals surface area (Å²) in [6, 6.07) is 9.52. The van der Waals surface area contributed by atoms with Crippen LogP contribution >= 0.6 is 11.8 Å². The molecule has 118 valence electrons. The monoisotopic (exact) mass is 305 g/mol. The highest BCUT2D eigenvalue weighted by Crippen LogP contribution is 2.29. The maximum Gasteiger partial charge on any atom is 0.0187 e. The van der Waals surface area contributed by atoms with E-state index >= 15 is 0 Å². The lowest BCUT2D eigenvalue weighted by Crippen LogP contribution is -2.39. The third-order valence-corrected chi connectivity index (χ3v) is 5.80. The van der Waals surface area contributed by atoms with Crippen molar-refractivity contribution in [3.05, 3.63) is 35.4 Å². The van der Waals surface area contributed by atoms with Crippen LogP contribution in [-0.4, -0.2) is 18.3 Å². The van der Waals surface area contributed by atoms with Crippen molar-refractivity contribution in [2.24, 2.45) is 5.92 Å². The van der Waals surface area contributed by atoms with Crippen LogP contribution in [0.5, 0.6) is 0 Å². The van der Waals surface area contributed by atoms with E-state index in [2.05, 4.69) is 55.2 Å². The van der Waals surface area contributed by atoms with Gasteiger partial charge in [0.05, 0.1) is 0 Å². The Morgan fingerprint density at radius 2 is 1.95 bits per heavy atom. The van der Waals surface area contributed by atoms with Gasteiger partial charge in [0.1, 0.15) is 0 Å². The Bertz CT molecular complexity index is 398. The summed E-state index contributed by atoms with van der Waals surface area (Å²) in [5.74, 6) is 3.33. The van der Waals surface area contributed by atoms with E-state index in [-0.39, 0.29) is 0 Å². The molecule has 1 saturated carbocycles. The van der Waals surface area contributed by atoms with Crippen molar-refractivity contribution in [3.63, 3.8) is 0 Å². The van der Waals surface area contributed by atoms with Crippen LogP contribution in [0.4, 0.5) is 0 Å². The van der Waals surface area contributed by atoms with Crippen LogP contribution in [0.3, 0.4) is 0 Å². The van der Waals surface area contributed by atoms with Crippen molar-refractivity contribution in [1.82, 2.24) is 5.32 Å². The lowest BCUT2D eigenvalue weighted by atomic mass is 9.84. The van der Waals surface area contributed by atoms with Crippen molar-refractivity contribution in [2.75, 3.05) is 12.3 Å². The average Bonchev–Trinajstić information content (AvgIpc) is 2.53. The second-order valence-corrected chi connectivity index (χ2v) is 7.43. The number of thioether (sulfide) groups is 1. The van der Waals surface area contributed by atoms with E-state index in [1.165, 1.54) is 61.9 Å². The number of rotatable bonds is 8. The van der Waals surface area contributed by atoms with E-state index in [0.29, 0.717) is 0 Å². The van der Waals surface area contributed by atoms with Crippen LogP contribution in [0.1, 0.15) is 56.6 Å². The molecule has 1 unspecified atom stereocenters. The summed E-state index contributed by atoms with van der Waals surface area (Å²) >= 11 is 2.11. The topological polar surface area (TPSA) is 12.0 Å². The number of hydrogen-bond acceptors (Lipinski definition) is 2. The van der Waals surface area contributed by atoms with Gasteiger partial charge in [-0.2, -0.15) is 11.8 Å². The summed E-state index contributed by atoms with van der Waals surface area (Å²) in [5.41, 5.74) is 2.93. The van der Waals surface area contributed by atoms with E-state index in [9.17, 15) is 0 Å². The van der Waals surface area contributed by atoms with Gasteiger partial charge in [-0.1, -0.05) is 50.5 Å². The molecule has 1 aliphatic carbocycles. The molecule has 0 heterocycles. The van der Waals surface area contributed by atoms with Crippen molar-refractivity contribution < 1.29 is 0 Å². The molecule has 0 aliphatic heterocycles. The van der Waals surface area contributed by atoms with E-state index in [1.807, 2.05) is 0 Å². The molecular formula is C19H31NS. The molecule has 2 rings (SSSR count). The molecule has 0 spiro atoms. The standard InChI is InChI=1S/C19H31NS/c1-3-13-20-19(17-10-5-4-6-11-17)15-21-14-18-12-8-7-9-16(18)2/h7-9,12,17,19-20H,3-6,10-11,13-15H2,1-2H3. The number of aryl methyl sites for hydroxylation is 1. The number of benzene rings is 1. The van der Waals surface area contributed by atoms with Gasteiger partial charge in [-0.3, -0.25) is 0 Å². The fourth-order valence-electron chi connectivity index (χ4n) is 3.30. The first-order valence-electron chi connectivity index (χ1n) is 8.67. The largest absolute Gasteiger partial charge is 0.313 e. The Morgan fingerprint density at radius 3 is 2.67 bits per heavy atom. The lowest BCUT2D eigenvalue weighted by Gasteiger charge is -2.31. The second kappa shape index (κ2) is 9.53. The summed E-state index contributed by atoms with van der Waals surface area (Å²) in [6.45, 7) is 5.67. The summed E-state index contributed by atoms with van der Waals surface area (Å²) < 4.78 is 0. The van der Waals surface area contributed by atoms with Gasteiger partial charge >= 0.3 is 0 Å². The fourth-order valence-corrected chi connectivity index (χ4v) is 4.60. The SMILES string of the molecule is CCCNC(CSCc1ccccc1C)C1CCCCC1. The summed E-state index contributed by atoms with van der Waals surface area (Å²) in [6.07, 6.45) is 8.45. The molecule has 1 aromatic carbocycles. The molecule has 1 atom stereocenters. The smallest absolute Gasteiger partial charge is 0.0187 e. The normalized spacial score (nSPS) is 17.8. The minimum Gasteiger partial charge on any atom is -0.313 e. The van der Waals surface area contributed by atoms with Crippen LogP contribution in [0, 0.1) is 12.8 Å². The maximum absolute atomic E-state index is 3.82. The highest BCUT2D eigenvalue weighted by Gasteiger charge is 2.22. The van der Waals surface area contributed by atoms with E-state index in [0.717, 1.165) is 17.7 Å². The Kier molecular flexibility index (Phi) is 7.66. The minimum absolute atomic E-state index is 0.722. The van der Waals surface area contributed by atoms with E-state index in [1.54, 1.807) is 0 Å².